The van der Waals surface area contributed by atoms with Crippen LogP contribution in [0.5, 0.6) is 0 Å². The lowest BCUT2D eigenvalue weighted by molar-refractivity contribution is -0.115. The Balaban J connectivity index is 2.17. The van der Waals surface area contributed by atoms with Crippen LogP contribution in [-0.4, -0.2) is 20.6 Å². The summed E-state index contributed by atoms with van der Waals surface area (Å²) in [6.45, 7) is 1.96. The van der Waals surface area contributed by atoms with Gasteiger partial charge in [-0.15, -0.1) is 0 Å². The van der Waals surface area contributed by atoms with Crippen molar-refractivity contribution in [3.05, 3.63) is 59.7 Å². The van der Waals surface area contributed by atoms with Gasteiger partial charge in [-0.05, 0) is 24.6 Å². The first-order valence-electron chi connectivity index (χ1n) is 6.51. The number of para-hydroxylation sites is 1. The van der Waals surface area contributed by atoms with Crippen molar-refractivity contribution < 1.29 is 13.2 Å². The maximum atomic E-state index is 12.1. The van der Waals surface area contributed by atoms with Crippen LogP contribution in [0, 0.1) is 6.92 Å². The van der Waals surface area contributed by atoms with E-state index in [1.807, 2.05) is 31.2 Å². The number of benzene rings is 2. The predicted molar refractivity (Wildman–Crippen MR) is 83.1 cm³/mol. The molecular formula is C16H17NO3S. The number of carbonyl (C=O) groups excluding carboxylic acids is 1. The number of hydrogen-bond acceptors (Lipinski definition) is 3. The third kappa shape index (κ3) is 4.16. The molecule has 2 aromatic carbocycles. The van der Waals surface area contributed by atoms with Gasteiger partial charge in [0.2, 0.25) is 5.91 Å². The van der Waals surface area contributed by atoms with Crippen LogP contribution in [0.4, 0.5) is 5.69 Å². The van der Waals surface area contributed by atoms with E-state index in [4.69, 9.17) is 0 Å². The number of hydrogen-bond donors (Lipinski definition) is 1. The molecule has 0 aliphatic rings. The molecule has 110 valence electrons. The molecular weight excluding hydrogens is 286 g/mol. The number of anilines is 1. The van der Waals surface area contributed by atoms with E-state index in [-0.39, 0.29) is 17.2 Å². The van der Waals surface area contributed by atoms with Crippen molar-refractivity contribution in [1.29, 1.82) is 0 Å². The van der Waals surface area contributed by atoms with Gasteiger partial charge in [-0.25, -0.2) is 8.42 Å². The van der Waals surface area contributed by atoms with Gasteiger partial charge in [0.15, 0.2) is 9.84 Å². The van der Waals surface area contributed by atoms with Crippen LogP contribution in [0.25, 0.3) is 0 Å². The van der Waals surface area contributed by atoms with Gasteiger partial charge in [0, 0.05) is 6.26 Å². The van der Waals surface area contributed by atoms with E-state index in [9.17, 15) is 13.2 Å². The van der Waals surface area contributed by atoms with Gasteiger partial charge in [-0.2, -0.15) is 0 Å². The lowest BCUT2D eigenvalue weighted by Gasteiger charge is -2.10. The summed E-state index contributed by atoms with van der Waals surface area (Å²) in [7, 11) is -3.37. The standard InChI is InChI=1S/C16H17NO3S/c1-12-6-5-7-13(10-12)11-16(18)17-14-8-3-4-9-15(14)21(2,19)20/h3-10H,11H2,1-2H3,(H,17,18). The Morgan fingerprint density at radius 2 is 1.81 bits per heavy atom. The summed E-state index contributed by atoms with van der Waals surface area (Å²) < 4.78 is 23.4. The van der Waals surface area contributed by atoms with E-state index in [2.05, 4.69) is 5.32 Å². The van der Waals surface area contributed by atoms with E-state index in [0.29, 0.717) is 5.69 Å². The molecule has 2 aromatic rings. The van der Waals surface area contributed by atoms with Crippen molar-refractivity contribution in [1.82, 2.24) is 0 Å². The maximum absolute atomic E-state index is 12.1. The molecule has 4 nitrogen and oxygen atoms in total. The Bertz CT molecular complexity index is 767. The fraction of sp³-hybridized carbons (Fsp3) is 0.188. The molecule has 0 bridgehead atoms. The number of sulfone groups is 1. The summed E-state index contributed by atoms with van der Waals surface area (Å²) >= 11 is 0. The van der Waals surface area contributed by atoms with Crippen molar-refractivity contribution >= 4 is 21.4 Å². The van der Waals surface area contributed by atoms with Crippen LogP contribution in [0.1, 0.15) is 11.1 Å². The third-order valence-corrected chi connectivity index (χ3v) is 4.16. The molecule has 21 heavy (non-hydrogen) atoms. The third-order valence-electron chi connectivity index (χ3n) is 3.01. The Morgan fingerprint density at radius 1 is 1.10 bits per heavy atom. The van der Waals surface area contributed by atoms with Crippen molar-refractivity contribution in [2.75, 3.05) is 11.6 Å². The van der Waals surface area contributed by atoms with Crippen LogP contribution in [0.15, 0.2) is 53.4 Å². The van der Waals surface area contributed by atoms with Gasteiger partial charge in [0.25, 0.3) is 0 Å². The molecule has 0 atom stereocenters. The van der Waals surface area contributed by atoms with E-state index < -0.39 is 9.84 Å². The van der Waals surface area contributed by atoms with Crippen molar-refractivity contribution in [2.24, 2.45) is 0 Å². The Labute approximate surface area is 124 Å². The molecule has 0 saturated heterocycles. The number of nitrogens with one attached hydrogen (secondary N) is 1. The highest BCUT2D eigenvalue weighted by molar-refractivity contribution is 7.90. The summed E-state index contributed by atoms with van der Waals surface area (Å²) in [4.78, 5) is 12.2. The van der Waals surface area contributed by atoms with Crippen LogP contribution < -0.4 is 5.32 Å². The molecule has 0 fully saturated rings. The molecule has 0 radical (unpaired) electrons. The highest BCUT2D eigenvalue weighted by Crippen LogP contribution is 2.20. The zero-order valence-electron chi connectivity index (χ0n) is 12.0. The molecule has 0 aromatic heterocycles. The minimum Gasteiger partial charge on any atom is -0.325 e. The molecule has 0 heterocycles. The smallest absolute Gasteiger partial charge is 0.228 e. The average Bonchev–Trinajstić information content (AvgIpc) is 2.37. The summed E-state index contributed by atoms with van der Waals surface area (Å²) in [5.41, 5.74) is 2.29. The largest absolute Gasteiger partial charge is 0.325 e. The predicted octanol–water partition coefficient (Wildman–Crippen LogP) is 2.58. The summed E-state index contributed by atoms with van der Waals surface area (Å²) in [6, 6.07) is 14.0. The van der Waals surface area contributed by atoms with Crippen LogP contribution in [0.2, 0.25) is 0 Å². The number of rotatable bonds is 4. The molecule has 5 heteroatoms. The number of carbonyl (C=O) groups is 1. The molecule has 0 spiro atoms. The minimum absolute atomic E-state index is 0.127. The molecule has 0 unspecified atom stereocenters. The average molecular weight is 303 g/mol. The SMILES string of the molecule is Cc1cccc(CC(=O)Nc2ccccc2S(C)(=O)=O)c1. The molecule has 0 aliphatic carbocycles. The lowest BCUT2D eigenvalue weighted by Crippen LogP contribution is -2.16. The highest BCUT2D eigenvalue weighted by atomic mass is 32.2. The summed E-state index contributed by atoms with van der Waals surface area (Å²) in [6.07, 6.45) is 1.33. The van der Waals surface area contributed by atoms with Crippen molar-refractivity contribution in [2.45, 2.75) is 18.2 Å². The number of aryl methyl sites for hydroxylation is 1. The second kappa shape index (κ2) is 6.10. The van der Waals surface area contributed by atoms with E-state index in [1.165, 1.54) is 6.07 Å². The molecule has 0 aliphatic heterocycles. The second-order valence-corrected chi connectivity index (χ2v) is 6.97. The maximum Gasteiger partial charge on any atom is 0.228 e. The van der Waals surface area contributed by atoms with Gasteiger partial charge in [-0.1, -0.05) is 42.0 Å². The van der Waals surface area contributed by atoms with Crippen molar-refractivity contribution in [3.8, 4) is 0 Å². The Hall–Kier alpha value is -2.14. The van der Waals surface area contributed by atoms with Gasteiger partial charge >= 0.3 is 0 Å². The lowest BCUT2D eigenvalue weighted by atomic mass is 10.1. The van der Waals surface area contributed by atoms with E-state index >= 15 is 0 Å². The fourth-order valence-corrected chi connectivity index (χ4v) is 2.94. The van der Waals surface area contributed by atoms with Crippen molar-refractivity contribution in [3.63, 3.8) is 0 Å². The zero-order chi connectivity index (χ0) is 15.5. The van der Waals surface area contributed by atoms with Crippen LogP contribution in [-0.2, 0) is 21.1 Å². The molecule has 1 amide bonds. The van der Waals surface area contributed by atoms with Gasteiger partial charge in [-0.3, -0.25) is 4.79 Å². The van der Waals surface area contributed by atoms with Crippen LogP contribution in [0.3, 0.4) is 0 Å². The topological polar surface area (TPSA) is 63.2 Å². The first-order valence-corrected chi connectivity index (χ1v) is 8.40. The normalized spacial score (nSPS) is 11.1. The summed E-state index contributed by atoms with van der Waals surface area (Å²) in [5.74, 6) is -0.239. The van der Waals surface area contributed by atoms with Gasteiger partial charge in [0.1, 0.15) is 0 Å². The second-order valence-electron chi connectivity index (χ2n) is 4.98. The monoisotopic (exact) mass is 303 g/mol. The zero-order valence-corrected chi connectivity index (χ0v) is 12.8. The quantitative estimate of drug-likeness (QED) is 0.944. The first kappa shape index (κ1) is 15.3. The Morgan fingerprint density at radius 3 is 2.48 bits per heavy atom. The van der Waals surface area contributed by atoms with E-state index in [1.54, 1.807) is 18.2 Å². The Kier molecular flexibility index (Phi) is 4.43. The molecule has 1 N–H and O–H groups in total. The molecule has 0 saturated carbocycles. The van der Waals surface area contributed by atoms with Crippen LogP contribution >= 0.6 is 0 Å². The molecule has 2 rings (SSSR count). The number of amides is 1. The fourth-order valence-electron chi connectivity index (χ4n) is 2.10. The van der Waals surface area contributed by atoms with Gasteiger partial charge in [0.05, 0.1) is 17.0 Å². The highest BCUT2D eigenvalue weighted by Gasteiger charge is 2.14. The summed E-state index contributed by atoms with van der Waals surface area (Å²) in [5, 5.41) is 2.67. The van der Waals surface area contributed by atoms with E-state index in [0.717, 1.165) is 17.4 Å². The first-order chi connectivity index (χ1) is 9.86. The minimum atomic E-state index is -3.37. The van der Waals surface area contributed by atoms with Gasteiger partial charge < -0.3 is 5.32 Å².